The van der Waals surface area contributed by atoms with E-state index in [1.54, 1.807) is 17.5 Å². The van der Waals surface area contributed by atoms with Crippen LogP contribution in [0.25, 0.3) is 0 Å². The quantitative estimate of drug-likeness (QED) is 0.937. The van der Waals surface area contributed by atoms with Gasteiger partial charge in [0.05, 0.1) is 5.51 Å². The van der Waals surface area contributed by atoms with Crippen molar-refractivity contribution in [2.45, 2.75) is 13.1 Å². The molecule has 0 spiro atoms. The minimum atomic E-state index is 0.824. The number of hydrogen-bond acceptors (Lipinski definition) is 4. The van der Waals surface area contributed by atoms with Crippen molar-refractivity contribution in [2.24, 2.45) is 0 Å². The van der Waals surface area contributed by atoms with E-state index in [0.717, 1.165) is 17.6 Å². The maximum atomic E-state index is 4.10. The van der Waals surface area contributed by atoms with Crippen molar-refractivity contribution in [1.29, 1.82) is 0 Å². The molecule has 0 aromatic carbocycles. The standard InChI is InChI=1S/C10H10BrN3S/c11-9-1-8(2-12-4-9)3-13-5-10-6-14-7-15-10/h1-2,4,6-7,13H,3,5H2. The first-order chi connectivity index (χ1) is 7.34. The Kier molecular flexibility index (Phi) is 3.82. The van der Waals surface area contributed by atoms with Gasteiger partial charge in [-0.25, -0.2) is 0 Å². The molecule has 2 aromatic heterocycles. The highest BCUT2D eigenvalue weighted by Gasteiger charge is 1.96. The molecule has 0 atom stereocenters. The van der Waals surface area contributed by atoms with Crippen molar-refractivity contribution >= 4 is 27.3 Å². The average Bonchev–Trinajstić information content (AvgIpc) is 2.71. The molecule has 0 radical (unpaired) electrons. The lowest BCUT2D eigenvalue weighted by Crippen LogP contribution is -2.11. The molecule has 0 unspecified atom stereocenters. The van der Waals surface area contributed by atoms with Gasteiger partial charge in [-0.2, -0.15) is 0 Å². The Morgan fingerprint density at radius 1 is 1.20 bits per heavy atom. The molecule has 0 amide bonds. The molecule has 0 saturated carbocycles. The molecule has 1 N–H and O–H groups in total. The van der Waals surface area contributed by atoms with Crippen LogP contribution in [-0.4, -0.2) is 9.97 Å². The van der Waals surface area contributed by atoms with Crippen LogP contribution in [0.2, 0.25) is 0 Å². The van der Waals surface area contributed by atoms with Gasteiger partial charge in [-0.1, -0.05) is 0 Å². The average molecular weight is 284 g/mol. The molecule has 0 aliphatic heterocycles. The third-order valence-corrected chi connectivity index (χ3v) is 3.09. The molecule has 2 heterocycles. The lowest BCUT2D eigenvalue weighted by Gasteiger charge is -2.02. The van der Waals surface area contributed by atoms with E-state index in [1.807, 2.05) is 17.9 Å². The zero-order chi connectivity index (χ0) is 10.5. The topological polar surface area (TPSA) is 37.8 Å². The number of nitrogens with zero attached hydrogens (tertiary/aromatic N) is 2. The zero-order valence-electron chi connectivity index (χ0n) is 7.98. The van der Waals surface area contributed by atoms with Gasteiger partial charge in [-0.3, -0.25) is 9.97 Å². The first-order valence-corrected chi connectivity index (χ1v) is 6.19. The first-order valence-electron chi connectivity index (χ1n) is 4.52. The summed E-state index contributed by atoms with van der Waals surface area (Å²) in [6.45, 7) is 1.68. The Hall–Kier alpha value is -0.780. The summed E-state index contributed by atoms with van der Waals surface area (Å²) in [5, 5.41) is 3.34. The van der Waals surface area contributed by atoms with E-state index >= 15 is 0 Å². The van der Waals surface area contributed by atoms with Gasteiger partial charge in [0.2, 0.25) is 0 Å². The maximum Gasteiger partial charge on any atom is 0.0794 e. The molecular formula is C10H10BrN3S. The summed E-state index contributed by atoms with van der Waals surface area (Å²) in [5.41, 5.74) is 3.02. The molecule has 5 heteroatoms. The lowest BCUT2D eigenvalue weighted by atomic mass is 10.3. The molecule has 0 fully saturated rings. The molecular weight excluding hydrogens is 274 g/mol. The van der Waals surface area contributed by atoms with E-state index in [1.165, 1.54) is 10.4 Å². The zero-order valence-corrected chi connectivity index (χ0v) is 10.4. The molecule has 0 aliphatic rings. The van der Waals surface area contributed by atoms with Gasteiger partial charge < -0.3 is 5.32 Å². The summed E-state index contributed by atoms with van der Waals surface area (Å²) in [7, 11) is 0. The Labute approximate surface area is 101 Å². The third-order valence-electron chi connectivity index (χ3n) is 1.87. The Morgan fingerprint density at radius 3 is 2.87 bits per heavy atom. The number of thiazole rings is 1. The van der Waals surface area contributed by atoms with E-state index in [-0.39, 0.29) is 0 Å². The van der Waals surface area contributed by atoms with E-state index in [0.29, 0.717) is 0 Å². The highest BCUT2D eigenvalue weighted by Crippen LogP contribution is 2.10. The fraction of sp³-hybridized carbons (Fsp3) is 0.200. The third kappa shape index (κ3) is 3.37. The second-order valence-corrected chi connectivity index (χ2v) is 4.97. The van der Waals surface area contributed by atoms with Gasteiger partial charge >= 0.3 is 0 Å². The summed E-state index contributed by atoms with van der Waals surface area (Å²) in [6.07, 6.45) is 5.54. The summed E-state index contributed by atoms with van der Waals surface area (Å²) < 4.78 is 1.01. The molecule has 3 nitrogen and oxygen atoms in total. The highest BCUT2D eigenvalue weighted by molar-refractivity contribution is 9.10. The fourth-order valence-electron chi connectivity index (χ4n) is 1.21. The number of nitrogens with one attached hydrogen (secondary N) is 1. The maximum absolute atomic E-state index is 4.10. The van der Waals surface area contributed by atoms with Gasteiger partial charge in [0.25, 0.3) is 0 Å². The number of aromatic nitrogens is 2. The molecule has 0 bridgehead atoms. The molecule has 0 aliphatic carbocycles. The number of hydrogen-bond donors (Lipinski definition) is 1. The summed E-state index contributed by atoms with van der Waals surface area (Å²) >= 11 is 5.06. The van der Waals surface area contributed by atoms with Crippen molar-refractivity contribution in [2.75, 3.05) is 0 Å². The Bertz CT molecular complexity index is 416. The summed E-state index contributed by atoms with van der Waals surface area (Å²) in [4.78, 5) is 9.37. The van der Waals surface area contributed by atoms with Gasteiger partial charge in [0.1, 0.15) is 0 Å². The van der Waals surface area contributed by atoms with Crippen molar-refractivity contribution in [3.05, 3.63) is 45.1 Å². The lowest BCUT2D eigenvalue weighted by molar-refractivity contribution is 0.697. The largest absolute Gasteiger partial charge is 0.308 e. The minimum Gasteiger partial charge on any atom is -0.308 e. The van der Waals surface area contributed by atoms with Crippen molar-refractivity contribution < 1.29 is 0 Å². The molecule has 2 rings (SSSR count). The van der Waals surface area contributed by atoms with Crippen molar-refractivity contribution in [1.82, 2.24) is 15.3 Å². The Balaban J connectivity index is 1.83. The molecule has 2 aromatic rings. The monoisotopic (exact) mass is 283 g/mol. The van der Waals surface area contributed by atoms with Crippen LogP contribution in [0.15, 0.2) is 34.6 Å². The van der Waals surface area contributed by atoms with Gasteiger partial charge in [0, 0.05) is 41.0 Å². The number of halogens is 1. The van der Waals surface area contributed by atoms with E-state index in [4.69, 9.17) is 0 Å². The smallest absolute Gasteiger partial charge is 0.0794 e. The van der Waals surface area contributed by atoms with E-state index < -0.39 is 0 Å². The van der Waals surface area contributed by atoms with Crippen molar-refractivity contribution in [3.8, 4) is 0 Å². The fourth-order valence-corrected chi connectivity index (χ4v) is 2.19. The van der Waals surface area contributed by atoms with Crippen LogP contribution < -0.4 is 5.32 Å². The van der Waals surface area contributed by atoms with E-state index in [9.17, 15) is 0 Å². The second-order valence-electron chi connectivity index (χ2n) is 3.08. The SMILES string of the molecule is Brc1cncc(CNCc2cncs2)c1. The van der Waals surface area contributed by atoms with Crippen LogP contribution in [0, 0.1) is 0 Å². The summed E-state index contributed by atoms with van der Waals surface area (Å²) in [6, 6.07) is 2.06. The van der Waals surface area contributed by atoms with Crippen LogP contribution in [0.5, 0.6) is 0 Å². The predicted molar refractivity (Wildman–Crippen MR) is 64.6 cm³/mol. The normalized spacial score (nSPS) is 10.5. The summed E-state index contributed by atoms with van der Waals surface area (Å²) in [5.74, 6) is 0. The molecule has 15 heavy (non-hydrogen) atoms. The van der Waals surface area contributed by atoms with Gasteiger partial charge in [-0.05, 0) is 27.6 Å². The van der Waals surface area contributed by atoms with Gasteiger partial charge in [-0.15, -0.1) is 11.3 Å². The first kappa shape index (κ1) is 10.7. The van der Waals surface area contributed by atoms with Crippen LogP contribution in [0.1, 0.15) is 10.4 Å². The molecule has 0 saturated heterocycles. The molecule has 78 valence electrons. The van der Waals surface area contributed by atoms with Gasteiger partial charge in [0.15, 0.2) is 0 Å². The van der Waals surface area contributed by atoms with Crippen LogP contribution in [0.3, 0.4) is 0 Å². The van der Waals surface area contributed by atoms with E-state index in [2.05, 4.69) is 37.3 Å². The number of pyridine rings is 1. The number of rotatable bonds is 4. The Morgan fingerprint density at radius 2 is 2.13 bits per heavy atom. The predicted octanol–water partition coefficient (Wildman–Crippen LogP) is 2.59. The minimum absolute atomic E-state index is 0.824. The van der Waals surface area contributed by atoms with Crippen molar-refractivity contribution in [3.63, 3.8) is 0 Å². The van der Waals surface area contributed by atoms with Crippen LogP contribution in [0.4, 0.5) is 0 Å². The second kappa shape index (κ2) is 5.34. The van der Waals surface area contributed by atoms with Crippen LogP contribution >= 0.6 is 27.3 Å². The van der Waals surface area contributed by atoms with Crippen LogP contribution in [-0.2, 0) is 13.1 Å². The highest BCUT2D eigenvalue weighted by atomic mass is 79.9.